The largest absolute Gasteiger partial charge is 0.507 e. The van der Waals surface area contributed by atoms with Gasteiger partial charge in [-0.3, -0.25) is 14.4 Å². The Morgan fingerprint density at radius 3 is 2.45 bits per heavy atom. The van der Waals surface area contributed by atoms with E-state index in [1.165, 1.54) is 0 Å². The first kappa shape index (κ1) is 32.2. The minimum atomic E-state index is -1.52. The van der Waals surface area contributed by atoms with Crippen LogP contribution in [0.15, 0.2) is 35.1 Å². The van der Waals surface area contributed by atoms with E-state index in [1.807, 2.05) is 27.7 Å². The highest BCUT2D eigenvalue weighted by Crippen LogP contribution is 2.76. The molecular formula is C39H48O8. The van der Waals surface area contributed by atoms with E-state index < -0.39 is 28.3 Å². The van der Waals surface area contributed by atoms with Crippen molar-refractivity contribution < 1.29 is 38.4 Å². The summed E-state index contributed by atoms with van der Waals surface area (Å²) in [6.07, 6.45) is 8.48. The van der Waals surface area contributed by atoms with Crippen LogP contribution in [0.25, 0.3) is 0 Å². The number of rotatable bonds is 6. The average Bonchev–Trinajstić information content (AvgIpc) is 3.12. The van der Waals surface area contributed by atoms with Gasteiger partial charge in [0.1, 0.15) is 34.2 Å². The molecule has 1 spiro atoms. The van der Waals surface area contributed by atoms with Gasteiger partial charge < -0.3 is 24.1 Å². The zero-order valence-electron chi connectivity index (χ0n) is 28.0. The van der Waals surface area contributed by atoms with Gasteiger partial charge in [0.2, 0.25) is 0 Å². The molecule has 0 amide bonds. The molecular weight excluding hydrogens is 596 g/mol. The summed E-state index contributed by atoms with van der Waals surface area (Å²) in [4.78, 5) is 40.5. The Balaban J connectivity index is 0.00000351. The summed E-state index contributed by atoms with van der Waals surface area (Å²) in [6.45, 7) is 16.8. The number of ether oxygens (including phenoxy) is 4. The summed E-state index contributed by atoms with van der Waals surface area (Å²) >= 11 is 0. The van der Waals surface area contributed by atoms with Crippen LogP contribution < -0.4 is 9.47 Å². The number of fused-ring (bicyclic) bond motifs is 3. The van der Waals surface area contributed by atoms with E-state index in [9.17, 15) is 19.5 Å². The van der Waals surface area contributed by atoms with Crippen molar-refractivity contribution in [3.63, 3.8) is 0 Å². The lowest BCUT2D eigenvalue weighted by atomic mass is 9.37. The van der Waals surface area contributed by atoms with Crippen molar-refractivity contribution in [2.45, 2.75) is 123 Å². The zero-order valence-corrected chi connectivity index (χ0v) is 28.0. The van der Waals surface area contributed by atoms with E-state index in [-0.39, 0.29) is 59.9 Å². The molecule has 8 bridgehead atoms. The minimum Gasteiger partial charge on any atom is -0.507 e. The molecule has 47 heavy (non-hydrogen) atoms. The summed E-state index contributed by atoms with van der Waals surface area (Å²) in [5.41, 5.74) is -0.973. The van der Waals surface area contributed by atoms with Crippen molar-refractivity contribution >= 4 is 18.0 Å². The van der Waals surface area contributed by atoms with Crippen LogP contribution in [0.3, 0.4) is 0 Å². The molecule has 8 nitrogen and oxygen atoms in total. The van der Waals surface area contributed by atoms with E-state index in [0.29, 0.717) is 48.1 Å². The Hall–Kier alpha value is -3.39. The summed E-state index contributed by atoms with van der Waals surface area (Å²) in [6, 6.07) is 0. The molecule has 1 N–H and O–H groups in total. The molecule has 5 unspecified atom stereocenters. The van der Waals surface area contributed by atoms with Gasteiger partial charge in [-0.05, 0) is 84.6 Å². The van der Waals surface area contributed by atoms with E-state index >= 15 is 0 Å². The summed E-state index contributed by atoms with van der Waals surface area (Å²) < 4.78 is 26.2. The van der Waals surface area contributed by atoms with Gasteiger partial charge in [0.15, 0.2) is 22.8 Å². The Morgan fingerprint density at radius 2 is 1.79 bits per heavy atom. The lowest BCUT2D eigenvalue weighted by Gasteiger charge is -2.70. The molecule has 1 aromatic rings. The van der Waals surface area contributed by atoms with Crippen LogP contribution in [0.5, 0.6) is 17.2 Å². The topological polar surface area (TPSA) is 108 Å². The smallest absolute Gasteiger partial charge is 0.298 e. The number of carbonyl (C=O) groups is 3. The number of ketones is 2. The lowest BCUT2D eigenvalue weighted by Crippen LogP contribution is -2.72. The highest BCUT2D eigenvalue weighted by atomic mass is 16.6. The molecule has 8 heteroatoms. The highest BCUT2D eigenvalue weighted by molar-refractivity contribution is 6.18. The number of phenolic OH excluding ortho intramolecular Hbond substituents is 1. The van der Waals surface area contributed by atoms with Crippen LogP contribution >= 0.6 is 0 Å². The van der Waals surface area contributed by atoms with Crippen molar-refractivity contribution in [1.82, 2.24) is 0 Å². The quantitative estimate of drug-likeness (QED) is 0.195. The second-order valence-electron chi connectivity index (χ2n) is 16.4. The van der Waals surface area contributed by atoms with Gasteiger partial charge in [-0.1, -0.05) is 39.0 Å². The highest BCUT2D eigenvalue weighted by Gasteiger charge is 2.81. The SMILES string of the molecule is C.CC(C)=CCc1c2c(c(O)c3c1O[C@]1(C)CCC4C3C1C4(C)C)C(=O)C1=CC3CC4C(C)(C)O[C@](C/C=C(/C)OC=O)(C3=O)[C@@]14O2. The number of hydrogen-bond donors (Lipinski definition) is 1. The molecule has 9 aliphatic rings. The molecule has 5 fully saturated rings. The minimum absolute atomic E-state index is 0. The first-order chi connectivity index (χ1) is 21.6. The molecule has 6 aliphatic carbocycles. The fourth-order valence-corrected chi connectivity index (χ4v) is 11.3. The van der Waals surface area contributed by atoms with E-state index in [4.69, 9.17) is 18.9 Å². The van der Waals surface area contributed by atoms with Gasteiger partial charge in [0.05, 0.1) is 5.60 Å². The van der Waals surface area contributed by atoms with Gasteiger partial charge in [0, 0.05) is 46.8 Å². The van der Waals surface area contributed by atoms with Crippen LogP contribution in [-0.4, -0.2) is 45.5 Å². The number of benzene rings is 1. The fourth-order valence-electron chi connectivity index (χ4n) is 11.3. The standard InChI is InChI=1S/C38H44O8.CH4/c1-18(2)9-10-21-30-26(25-22-12-13-36(8,44-30)32(25)34(22,4)5)29(41)27-28(40)23-15-20-16-24-35(6,7)46-37(33(20)42,14-11-19(3)43-17-39)38(23,24)45-31(21)27;/h9,11,15,17,20,22,24-25,32,41H,10,12-14,16H2,1-8H3;1H4/b19-11-;/t20?,22?,24?,25?,32?,36-,37-,38-;/m1./s1. The van der Waals surface area contributed by atoms with Crippen molar-refractivity contribution in [1.29, 1.82) is 0 Å². The normalized spacial score (nSPS) is 38.7. The predicted octanol–water partition coefficient (Wildman–Crippen LogP) is 7.31. The zero-order chi connectivity index (χ0) is 32.9. The van der Waals surface area contributed by atoms with Crippen LogP contribution in [0.4, 0.5) is 0 Å². The number of carbonyl (C=O) groups excluding carboxylic acids is 3. The van der Waals surface area contributed by atoms with Crippen LogP contribution in [-0.2, 0) is 25.5 Å². The van der Waals surface area contributed by atoms with Crippen molar-refractivity contribution in [3.8, 4) is 17.2 Å². The van der Waals surface area contributed by atoms with Gasteiger partial charge in [0.25, 0.3) is 6.47 Å². The number of Topliss-reactive ketones (excluding diaryl/α,β-unsaturated/α-hetero) is 2. The third kappa shape index (κ3) is 3.61. The van der Waals surface area contributed by atoms with E-state index in [2.05, 4.69) is 26.8 Å². The molecule has 0 aromatic heterocycles. The van der Waals surface area contributed by atoms with Crippen LogP contribution in [0, 0.1) is 29.1 Å². The average molecular weight is 645 g/mol. The van der Waals surface area contributed by atoms with Gasteiger partial charge >= 0.3 is 0 Å². The molecule has 4 saturated carbocycles. The maximum Gasteiger partial charge on any atom is 0.298 e. The maximum atomic E-state index is 15.0. The summed E-state index contributed by atoms with van der Waals surface area (Å²) in [5.74, 6) is 0.590. The summed E-state index contributed by atoms with van der Waals surface area (Å²) in [5, 5.41) is 12.2. The Morgan fingerprint density at radius 1 is 1.06 bits per heavy atom. The number of aromatic hydroxyl groups is 1. The fraction of sp³-hybridized carbons (Fsp3) is 0.615. The first-order valence-corrected chi connectivity index (χ1v) is 16.8. The second kappa shape index (κ2) is 9.61. The Kier molecular flexibility index (Phi) is 6.58. The third-order valence-corrected chi connectivity index (χ3v) is 13.1. The van der Waals surface area contributed by atoms with Gasteiger partial charge in [-0.25, -0.2) is 0 Å². The molecule has 1 aromatic carbocycles. The van der Waals surface area contributed by atoms with Gasteiger partial charge in [-0.2, -0.15) is 0 Å². The molecule has 0 radical (unpaired) electrons. The molecule has 3 heterocycles. The Labute approximate surface area is 277 Å². The van der Waals surface area contributed by atoms with Crippen molar-refractivity contribution in [3.05, 3.63) is 51.8 Å². The van der Waals surface area contributed by atoms with Crippen molar-refractivity contribution in [2.24, 2.45) is 29.1 Å². The van der Waals surface area contributed by atoms with E-state index in [0.717, 1.165) is 29.5 Å². The molecule has 1 saturated heterocycles. The molecule has 252 valence electrons. The number of hydrogen-bond acceptors (Lipinski definition) is 8. The Bertz CT molecular complexity index is 1740. The van der Waals surface area contributed by atoms with Crippen LogP contribution in [0.1, 0.15) is 116 Å². The molecule has 3 aliphatic heterocycles. The first-order valence-electron chi connectivity index (χ1n) is 16.8. The number of phenols is 1. The summed E-state index contributed by atoms with van der Waals surface area (Å²) in [7, 11) is 0. The lowest BCUT2D eigenvalue weighted by molar-refractivity contribution is -0.214. The number of allylic oxidation sites excluding steroid dienone is 4. The van der Waals surface area contributed by atoms with Crippen LogP contribution in [0.2, 0.25) is 0 Å². The van der Waals surface area contributed by atoms with Gasteiger partial charge in [-0.15, -0.1) is 0 Å². The predicted molar refractivity (Wildman–Crippen MR) is 176 cm³/mol. The molecule has 10 rings (SSSR count). The second-order valence-corrected chi connectivity index (χ2v) is 16.4. The van der Waals surface area contributed by atoms with E-state index in [1.54, 1.807) is 19.1 Å². The monoisotopic (exact) mass is 644 g/mol. The van der Waals surface area contributed by atoms with Crippen molar-refractivity contribution in [2.75, 3.05) is 0 Å². The third-order valence-electron chi connectivity index (χ3n) is 13.1. The maximum absolute atomic E-state index is 15.0. The molecule has 8 atom stereocenters.